The molecule has 4 aromatic rings. The van der Waals surface area contributed by atoms with Crippen molar-refractivity contribution >= 4 is 16.7 Å². The first-order chi connectivity index (χ1) is 12.8. The van der Waals surface area contributed by atoms with Crippen LogP contribution in [0.2, 0.25) is 0 Å². The Balaban J connectivity index is 1.63. The summed E-state index contributed by atoms with van der Waals surface area (Å²) in [6.45, 7) is 3.22. The van der Waals surface area contributed by atoms with Gasteiger partial charge in [-0.3, -0.25) is 0 Å². The van der Waals surface area contributed by atoms with Crippen molar-refractivity contribution in [2.45, 2.75) is 20.1 Å². The van der Waals surface area contributed by atoms with Crippen molar-refractivity contribution in [2.24, 2.45) is 0 Å². The highest BCUT2D eigenvalue weighted by Gasteiger charge is 2.10. The molecule has 0 fully saturated rings. The van der Waals surface area contributed by atoms with Crippen LogP contribution in [-0.2, 0) is 13.2 Å². The fourth-order valence-electron chi connectivity index (χ4n) is 3.06. The fraction of sp³-hybridized carbons (Fsp3) is 0.143. The van der Waals surface area contributed by atoms with Gasteiger partial charge in [-0.1, -0.05) is 60.2 Å². The third-order valence-corrected chi connectivity index (χ3v) is 4.32. The number of aromatic nitrogens is 3. The monoisotopic (exact) mass is 344 g/mol. The van der Waals surface area contributed by atoms with Crippen LogP contribution in [0.3, 0.4) is 0 Å². The molecule has 130 valence electrons. The molecular weight excluding hydrogens is 324 g/mol. The Hall–Kier alpha value is -3.34. The van der Waals surface area contributed by atoms with Crippen LogP contribution in [0, 0.1) is 6.92 Å². The van der Waals surface area contributed by atoms with Gasteiger partial charge < -0.3 is 10.1 Å². The van der Waals surface area contributed by atoms with Crippen LogP contribution in [-0.4, -0.2) is 15.2 Å². The molecule has 0 spiro atoms. The van der Waals surface area contributed by atoms with Crippen LogP contribution in [0.5, 0.6) is 5.75 Å². The molecule has 0 aliphatic heterocycles. The number of aromatic amines is 1. The van der Waals surface area contributed by atoms with Crippen LogP contribution in [0.25, 0.3) is 10.8 Å². The second-order valence-corrected chi connectivity index (χ2v) is 6.23. The number of ether oxygens (including phenoxy) is 1. The summed E-state index contributed by atoms with van der Waals surface area (Å²) in [6, 6.07) is 20.8. The molecule has 0 atom stereocenters. The van der Waals surface area contributed by atoms with Crippen molar-refractivity contribution in [1.29, 1.82) is 0 Å². The molecule has 0 radical (unpaired) electrons. The molecule has 1 heterocycles. The molecule has 0 aliphatic rings. The summed E-state index contributed by atoms with van der Waals surface area (Å²) in [6.07, 6.45) is 1.49. The van der Waals surface area contributed by atoms with E-state index in [1.807, 2.05) is 18.2 Å². The molecule has 1 aromatic heterocycles. The quantitative estimate of drug-likeness (QED) is 0.542. The molecule has 2 N–H and O–H groups in total. The van der Waals surface area contributed by atoms with Crippen LogP contribution in [0.1, 0.15) is 16.7 Å². The minimum absolute atomic E-state index is 0.537. The molecule has 0 unspecified atom stereocenters. The first-order valence-electron chi connectivity index (χ1n) is 8.58. The van der Waals surface area contributed by atoms with Crippen molar-refractivity contribution in [3.63, 3.8) is 0 Å². The summed E-state index contributed by atoms with van der Waals surface area (Å²) in [5.74, 6) is 1.51. The number of fused-ring (bicyclic) bond motifs is 1. The first-order valence-corrected chi connectivity index (χ1v) is 8.58. The zero-order valence-corrected chi connectivity index (χ0v) is 14.6. The van der Waals surface area contributed by atoms with Crippen LogP contribution < -0.4 is 10.1 Å². The Morgan fingerprint density at radius 2 is 1.96 bits per heavy atom. The maximum absolute atomic E-state index is 6.17. The van der Waals surface area contributed by atoms with Crippen molar-refractivity contribution in [2.75, 3.05) is 5.32 Å². The van der Waals surface area contributed by atoms with E-state index in [0.29, 0.717) is 19.1 Å². The maximum Gasteiger partial charge on any atom is 0.218 e. The van der Waals surface area contributed by atoms with E-state index in [4.69, 9.17) is 4.74 Å². The number of rotatable bonds is 6. The lowest BCUT2D eigenvalue weighted by atomic mass is 10.0. The average molecular weight is 344 g/mol. The summed E-state index contributed by atoms with van der Waals surface area (Å²) >= 11 is 0. The third kappa shape index (κ3) is 3.52. The molecule has 0 saturated carbocycles. The number of nitrogens with one attached hydrogen (secondary N) is 2. The van der Waals surface area contributed by atoms with E-state index < -0.39 is 0 Å². The lowest BCUT2D eigenvalue weighted by Gasteiger charge is -2.15. The summed E-state index contributed by atoms with van der Waals surface area (Å²) in [7, 11) is 0. The van der Waals surface area contributed by atoms with Gasteiger partial charge in [-0.25, -0.2) is 10.1 Å². The zero-order chi connectivity index (χ0) is 17.8. The van der Waals surface area contributed by atoms with Gasteiger partial charge in [0.05, 0.1) is 0 Å². The van der Waals surface area contributed by atoms with Crippen molar-refractivity contribution in [1.82, 2.24) is 15.2 Å². The highest BCUT2D eigenvalue weighted by Crippen LogP contribution is 2.29. The lowest BCUT2D eigenvalue weighted by Crippen LogP contribution is -2.05. The molecule has 5 nitrogen and oxygen atoms in total. The Morgan fingerprint density at radius 3 is 2.81 bits per heavy atom. The summed E-state index contributed by atoms with van der Waals surface area (Å²) in [5.41, 5.74) is 3.50. The van der Waals surface area contributed by atoms with Gasteiger partial charge in [0, 0.05) is 12.1 Å². The molecule has 5 heteroatoms. The van der Waals surface area contributed by atoms with Gasteiger partial charge in [-0.15, -0.1) is 0 Å². The van der Waals surface area contributed by atoms with E-state index in [1.165, 1.54) is 22.7 Å². The van der Waals surface area contributed by atoms with Crippen LogP contribution in [0.15, 0.2) is 67.0 Å². The minimum Gasteiger partial charge on any atom is -0.489 e. The standard InChI is InChI=1S/C21H20N4O/c1-15-5-4-6-16(11-15)13-26-20-10-9-17-7-2-3-8-18(17)19(20)12-22-21-23-14-24-25-21/h2-11,14H,12-13H2,1H3,(H2,22,23,24,25). The van der Waals surface area contributed by atoms with Gasteiger partial charge in [0.1, 0.15) is 18.7 Å². The predicted octanol–water partition coefficient (Wildman–Crippen LogP) is 4.46. The number of hydrogen-bond donors (Lipinski definition) is 2. The van der Waals surface area contributed by atoms with Crippen molar-refractivity contribution < 1.29 is 4.74 Å². The first kappa shape index (κ1) is 16.1. The molecule has 0 amide bonds. The minimum atomic E-state index is 0.537. The topological polar surface area (TPSA) is 62.8 Å². The van der Waals surface area contributed by atoms with E-state index in [9.17, 15) is 0 Å². The molecule has 0 aliphatic carbocycles. The van der Waals surface area contributed by atoms with E-state index in [-0.39, 0.29) is 0 Å². The number of nitrogens with zero attached hydrogens (tertiary/aromatic N) is 2. The number of hydrogen-bond acceptors (Lipinski definition) is 4. The summed E-state index contributed by atoms with van der Waals surface area (Å²) < 4.78 is 6.17. The fourth-order valence-corrected chi connectivity index (χ4v) is 3.06. The number of aryl methyl sites for hydroxylation is 1. The normalized spacial score (nSPS) is 10.8. The smallest absolute Gasteiger partial charge is 0.218 e. The van der Waals surface area contributed by atoms with Gasteiger partial charge in [-0.05, 0) is 29.3 Å². The van der Waals surface area contributed by atoms with E-state index >= 15 is 0 Å². The number of anilines is 1. The highest BCUT2D eigenvalue weighted by atomic mass is 16.5. The van der Waals surface area contributed by atoms with E-state index in [2.05, 4.69) is 69.9 Å². The number of H-pyrrole nitrogens is 1. The molecule has 26 heavy (non-hydrogen) atoms. The largest absolute Gasteiger partial charge is 0.489 e. The second-order valence-electron chi connectivity index (χ2n) is 6.23. The number of benzene rings is 3. The van der Waals surface area contributed by atoms with Gasteiger partial charge in [0.15, 0.2) is 0 Å². The van der Waals surface area contributed by atoms with Crippen LogP contribution >= 0.6 is 0 Å². The summed E-state index contributed by atoms with van der Waals surface area (Å²) in [4.78, 5) is 4.13. The second kappa shape index (κ2) is 7.27. The SMILES string of the molecule is Cc1cccc(COc2ccc3ccccc3c2CNc2ncn[nH]2)c1. The average Bonchev–Trinajstić information content (AvgIpc) is 3.18. The Kier molecular flexibility index (Phi) is 4.51. The highest BCUT2D eigenvalue weighted by molar-refractivity contribution is 5.88. The third-order valence-electron chi connectivity index (χ3n) is 4.32. The molecular formula is C21H20N4O. The Bertz CT molecular complexity index is 1010. The Morgan fingerprint density at radius 1 is 1.04 bits per heavy atom. The molecule has 3 aromatic carbocycles. The molecule has 0 bridgehead atoms. The maximum atomic E-state index is 6.17. The van der Waals surface area contributed by atoms with Gasteiger partial charge in [-0.2, -0.15) is 5.10 Å². The Labute approximate surface area is 152 Å². The van der Waals surface area contributed by atoms with Gasteiger partial charge >= 0.3 is 0 Å². The van der Waals surface area contributed by atoms with E-state index in [0.717, 1.165) is 16.9 Å². The summed E-state index contributed by atoms with van der Waals surface area (Å²) in [5, 5.41) is 12.3. The molecule has 0 saturated heterocycles. The van der Waals surface area contributed by atoms with Crippen molar-refractivity contribution in [3.05, 3.63) is 83.7 Å². The predicted molar refractivity (Wildman–Crippen MR) is 103 cm³/mol. The molecule has 4 rings (SSSR count). The van der Waals surface area contributed by atoms with Gasteiger partial charge in [0.25, 0.3) is 0 Å². The lowest BCUT2D eigenvalue weighted by molar-refractivity contribution is 0.304. The van der Waals surface area contributed by atoms with Crippen LogP contribution in [0.4, 0.5) is 5.95 Å². The van der Waals surface area contributed by atoms with E-state index in [1.54, 1.807) is 0 Å². The van der Waals surface area contributed by atoms with Crippen molar-refractivity contribution in [3.8, 4) is 5.75 Å². The van der Waals surface area contributed by atoms with Gasteiger partial charge in [0.2, 0.25) is 5.95 Å². The zero-order valence-electron chi connectivity index (χ0n) is 14.6.